The van der Waals surface area contributed by atoms with Gasteiger partial charge in [0.2, 0.25) is 0 Å². The Bertz CT molecular complexity index is 443. The van der Waals surface area contributed by atoms with E-state index >= 15 is 0 Å². The maximum Gasteiger partial charge on any atom is 0.119 e. The van der Waals surface area contributed by atoms with Crippen LogP contribution in [0.1, 0.15) is 17.9 Å². The first-order chi connectivity index (χ1) is 9.34. The highest BCUT2D eigenvalue weighted by Crippen LogP contribution is 2.29. The summed E-state index contributed by atoms with van der Waals surface area (Å²) in [7, 11) is 0. The van der Waals surface area contributed by atoms with Crippen molar-refractivity contribution in [2.75, 3.05) is 31.2 Å². The van der Waals surface area contributed by atoms with E-state index in [9.17, 15) is 4.39 Å². The number of nitrogens with zero attached hydrogens (tertiary/aromatic N) is 1. The minimum absolute atomic E-state index is 0.0466. The van der Waals surface area contributed by atoms with Crippen LogP contribution in [0.4, 0.5) is 10.1 Å². The summed E-state index contributed by atoms with van der Waals surface area (Å²) < 4.78 is 13.9. The number of benzene rings is 1. The number of hydrogen-bond acceptors (Lipinski definition) is 3. The predicted octanol–water partition coefficient (Wildman–Crippen LogP) is 1.98. The van der Waals surface area contributed by atoms with Crippen LogP contribution < -0.4 is 15.5 Å². The number of anilines is 1. The summed E-state index contributed by atoms with van der Waals surface area (Å²) in [5, 5.41) is 6.39. The molecular formula is C15H20FN3. The lowest BCUT2D eigenvalue weighted by atomic mass is 9.88. The second-order valence-corrected chi connectivity index (χ2v) is 5.17. The zero-order chi connectivity index (χ0) is 13.1. The molecule has 0 radical (unpaired) electrons. The Hall–Kier alpha value is -1.39. The van der Waals surface area contributed by atoms with Crippen LogP contribution in [0.2, 0.25) is 0 Å². The standard InChI is InChI=1S/C15H20FN3/c16-15-10-17-8-6-14(15)12-2-4-13(5-3-12)19-9-1-7-18-11-19/h1-5,9,14-15,17-18H,6-8,10-11H2. The lowest BCUT2D eigenvalue weighted by Crippen LogP contribution is -2.36. The van der Waals surface area contributed by atoms with Gasteiger partial charge in [0.25, 0.3) is 0 Å². The Kier molecular flexibility index (Phi) is 3.80. The average Bonchev–Trinajstić information content (AvgIpc) is 2.49. The van der Waals surface area contributed by atoms with E-state index in [1.54, 1.807) is 0 Å². The molecule has 2 aliphatic heterocycles. The Balaban J connectivity index is 1.74. The molecule has 1 saturated heterocycles. The van der Waals surface area contributed by atoms with Crippen molar-refractivity contribution in [2.45, 2.75) is 18.5 Å². The van der Waals surface area contributed by atoms with Crippen molar-refractivity contribution in [1.82, 2.24) is 10.6 Å². The van der Waals surface area contributed by atoms with Crippen molar-refractivity contribution < 1.29 is 4.39 Å². The normalized spacial score (nSPS) is 27.5. The molecule has 0 spiro atoms. The van der Waals surface area contributed by atoms with E-state index in [1.165, 1.54) is 0 Å². The van der Waals surface area contributed by atoms with Crippen molar-refractivity contribution in [2.24, 2.45) is 0 Å². The SMILES string of the molecule is FC1CNCCC1c1ccc(N2C=CCNC2)cc1. The molecule has 0 bridgehead atoms. The highest BCUT2D eigenvalue weighted by molar-refractivity contribution is 5.51. The van der Waals surface area contributed by atoms with Gasteiger partial charge in [0.05, 0.1) is 6.67 Å². The molecule has 0 aromatic heterocycles. The molecule has 1 aromatic carbocycles. The van der Waals surface area contributed by atoms with E-state index in [-0.39, 0.29) is 5.92 Å². The monoisotopic (exact) mass is 261 g/mol. The van der Waals surface area contributed by atoms with Gasteiger partial charge >= 0.3 is 0 Å². The number of hydrogen-bond donors (Lipinski definition) is 2. The van der Waals surface area contributed by atoms with Crippen LogP contribution >= 0.6 is 0 Å². The molecule has 4 heteroatoms. The van der Waals surface area contributed by atoms with Crippen LogP contribution in [-0.2, 0) is 0 Å². The molecule has 2 aliphatic rings. The third-order valence-corrected chi connectivity index (χ3v) is 3.89. The molecule has 2 heterocycles. The summed E-state index contributed by atoms with van der Waals surface area (Å²) in [5.74, 6) is 0.0466. The van der Waals surface area contributed by atoms with Gasteiger partial charge in [-0.1, -0.05) is 18.2 Å². The number of piperidine rings is 1. The van der Waals surface area contributed by atoms with Crippen LogP contribution in [0.25, 0.3) is 0 Å². The van der Waals surface area contributed by atoms with E-state index in [0.29, 0.717) is 6.54 Å². The molecule has 19 heavy (non-hydrogen) atoms. The highest BCUT2D eigenvalue weighted by Gasteiger charge is 2.25. The third-order valence-electron chi connectivity index (χ3n) is 3.89. The molecule has 0 amide bonds. The van der Waals surface area contributed by atoms with Gasteiger partial charge < -0.3 is 10.2 Å². The van der Waals surface area contributed by atoms with Crippen LogP contribution in [0, 0.1) is 0 Å². The largest absolute Gasteiger partial charge is 0.335 e. The van der Waals surface area contributed by atoms with Crippen LogP contribution in [0.15, 0.2) is 36.5 Å². The zero-order valence-corrected chi connectivity index (χ0v) is 11.0. The van der Waals surface area contributed by atoms with Crippen molar-refractivity contribution in [1.29, 1.82) is 0 Å². The van der Waals surface area contributed by atoms with Crippen LogP contribution in [0.3, 0.4) is 0 Å². The van der Waals surface area contributed by atoms with Crippen LogP contribution in [-0.4, -0.2) is 32.5 Å². The summed E-state index contributed by atoms with van der Waals surface area (Å²) in [6.07, 6.45) is 4.30. The third kappa shape index (κ3) is 2.80. The van der Waals surface area contributed by atoms with Gasteiger partial charge in [-0.25, -0.2) is 4.39 Å². The maximum atomic E-state index is 13.9. The molecule has 3 nitrogen and oxygen atoms in total. The van der Waals surface area contributed by atoms with E-state index in [2.05, 4.69) is 52.1 Å². The summed E-state index contributed by atoms with van der Waals surface area (Å²) in [6.45, 7) is 3.14. The van der Waals surface area contributed by atoms with Gasteiger partial charge in [0.15, 0.2) is 0 Å². The summed E-state index contributed by atoms with van der Waals surface area (Å²) in [4.78, 5) is 2.16. The fourth-order valence-corrected chi connectivity index (χ4v) is 2.79. The number of nitrogens with one attached hydrogen (secondary N) is 2. The first kappa shape index (κ1) is 12.6. The molecule has 102 valence electrons. The van der Waals surface area contributed by atoms with Gasteiger partial charge in [0, 0.05) is 30.9 Å². The van der Waals surface area contributed by atoms with Crippen molar-refractivity contribution in [3.63, 3.8) is 0 Å². The molecular weight excluding hydrogens is 241 g/mol. The van der Waals surface area contributed by atoms with Gasteiger partial charge in [-0.05, 0) is 30.7 Å². The Labute approximate surface area is 113 Å². The molecule has 1 fully saturated rings. The lowest BCUT2D eigenvalue weighted by molar-refractivity contribution is 0.231. The second-order valence-electron chi connectivity index (χ2n) is 5.17. The minimum Gasteiger partial charge on any atom is -0.335 e. The van der Waals surface area contributed by atoms with Gasteiger partial charge in [-0.2, -0.15) is 0 Å². The number of rotatable bonds is 2. The van der Waals surface area contributed by atoms with Crippen LogP contribution in [0.5, 0.6) is 0 Å². The quantitative estimate of drug-likeness (QED) is 0.852. The molecule has 2 N–H and O–H groups in total. The number of alkyl halides is 1. The van der Waals surface area contributed by atoms with Gasteiger partial charge in [-0.15, -0.1) is 0 Å². The molecule has 0 saturated carbocycles. The minimum atomic E-state index is -0.767. The van der Waals surface area contributed by atoms with Crippen molar-refractivity contribution >= 4 is 5.69 Å². The molecule has 2 atom stereocenters. The van der Waals surface area contributed by atoms with E-state index in [4.69, 9.17) is 0 Å². The first-order valence-electron chi connectivity index (χ1n) is 6.93. The van der Waals surface area contributed by atoms with Crippen molar-refractivity contribution in [3.8, 4) is 0 Å². The number of halogens is 1. The van der Waals surface area contributed by atoms with E-state index in [1.807, 2.05) is 0 Å². The molecule has 1 aromatic rings. The Morgan fingerprint density at radius 3 is 2.68 bits per heavy atom. The average molecular weight is 261 g/mol. The highest BCUT2D eigenvalue weighted by atomic mass is 19.1. The smallest absolute Gasteiger partial charge is 0.119 e. The predicted molar refractivity (Wildman–Crippen MR) is 76.1 cm³/mol. The van der Waals surface area contributed by atoms with Gasteiger partial charge in [0.1, 0.15) is 6.17 Å². The molecule has 3 rings (SSSR count). The van der Waals surface area contributed by atoms with Crippen molar-refractivity contribution in [3.05, 3.63) is 42.1 Å². The lowest BCUT2D eigenvalue weighted by Gasteiger charge is -2.28. The fraction of sp³-hybridized carbons (Fsp3) is 0.467. The van der Waals surface area contributed by atoms with E-state index < -0.39 is 6.17 Å². The maximum absolute atomic E-state index is 13.9. The summed E-state index contributed by atoms with van der Waals surface area (Å²) in [5.41, 5.74) is 2.27. The van der Waals surface area contributed by atoms with E-state index in [0.717, 1.165) is 37.4 Å². The zero-order valence-electron chi connectivity index (χ0n) is 11.0. The Morgan fingerprint density at radius 2 is 2.00 bits per heavy atom. The second kappa shape index (κ2) is 5.72. The first-order valence-corrected chi connectivity index (χ1v) is 6.93. The molecule has 0 aliphatic carbocycles. The summed E-state index contributed by atoms with van der Waals surface area (Å²) in [6, 6.07) is 8.31. The topological polar surface area (TPSA) is 27.3 Å². The molecule has 2 unspecified atom stereocenters. The van der Waals surface area contributed by atoms with Gasteiger partial charge in [-0.3, -0.25) is 5.32 Å². The fourth-order valence-electron chi connectivity index (χ4n) is 2.79. The summed E-state index contributed by atoms with van der Waals surface area (Å²) >= 11 is 0. The Morgan fingerprint density at radius 1 is 1.16 bits per heavy atom.